The molecule has 0 aliphatic carbocycles. The second-order valence-corrected chi connectivity index (χ2v) is 3.11. The first kappa shape index (κ1) is 9.65. The molecule has 0 saturated carbocycles. The normalized spacial score (nSPS) is 10.0. The molecule has 0 bridgehead atoms. The van der Waals surface area contributed by atoms with Crippen LogP contribution < -0.4 is 0 Å². The number of phenolic OH excluding ortho intramolecular Hbond substituents is 2. The zero-order valence-corrected chi connectivity index (χ0v) is 7.96. The van der Waals surface area contributed by atoms with Crippen molar-refractivity contribution in [2.45, 2.75) is 20.3 Å². The van der Waals surface area contributed by atoms with Gasteiger partial charge in [-0.25, -0.2) is 0 Å². The lowest BCUT2D eigenvalue weighted by Crippen LogP contribution is -1.86. The molecule has 0 amide bonds. The summed E-state index contributed by atoms with van der Waals surface area (Å²) >= 11 is 0. The van der Waals surface area contributed by atoms with Crippen LogP contribution in [0.15, 0.2) is 18.7 Å². The third-order valence-electron chi connectivity index (χ3n) is 2.13. The molecule has 1 rings (SSSR count). The molecule has 0 atom stereocenters. The van der Waals surface area contributed by atoms with Gasteiger partial charge >= 0.3 is 0 Å². The van der Waals surface area contributed by atoms with E-state index in [2.05, 4.69) is 6.58 Å². The van der Waals surface area contributed by atoms with Gasteiger partial charge in [0, 0.05) is 0 Å². The second-order valence-electron chi connectivity index (χ2n) is 3.11. The molecule has 0 heterocycles. The van der Waals surface area contributed by atoms with Crippen LogP contribution in [-0.2, 0) is 0 Å². The first-order valence-electron chi connectivity index (χ1n) is 4.27. The minimum Gasteiger partial charge on any atom is -0.504 e. The number of hydrogen-bond donors (Lipinski definition) is 2. The van der Waals surface area contributed by atoms with Crippen molar-refractivity contribution < 1.29 is 10.2 Å². The van der Waals surface area contributed by atoms with Crippen molar-refractivity contribution in [1.29, 1.82) is 0 Å². The maximum atomic E-state index is 9.28. The van der Waals surface area contributed by atoms with E-state index in [-0.39, 0.29) is 11.5 Å². The lowest BCUT2D eigenvalue weighted by molar-refractivity contribution is 0.403. The van der Waals surface area contributed by atoms with Crippen molar-refractivity contribution in [2.24, 2.45) is 0 Å². The van der Waals surface area contributed by atoms with Crippen LogP contribution in [0.4, 0.5) is 0 Å². The van der Waals surface area contributed by atoms with Crippen molar-refractivity contribution in [3.63, 3.8) is 0 Å². The summed E-state index contributed by atoms with van der Waals surface area (Å²) in [7, 11) is 0. The Morgan fingerprint density at radius 3 is 2.38 bits per heavy atom. The maximum Gasteiger partial charge on any atom is 0.158 e. The van der Waals surface area contributed by atoms with E-state index in [1.165, 1.54) is 0 Å². The van der Waals surface area contributed by atoms with Crippen LogP contribution in [0.1, 0.15) is 24.5 Å². The fourth-order valence-corrected chi connectivity index (χ4v) is 1.25. The maximum absolute atomic E-state index is 9.28. The summed E-state index contributed by atoms with van der Waals surface area (Å²) in [6.45, 7) is 7.77. The molecule has 0 saturated heterocycles. The fraction of sp³-hybridized carbons (Fsp3) is 0.273. The Morgan fingerprint density at radius 1 is 1.31 bits per heavy atom. The van der Waals surface area contributed by atoms with Crippen LogP contribution >= 0.6 is 0 Å². The number of aryl methyl sites for hydroxylation is 1. The molecule has 0 spiro atoms. The zero-order chi connectivity index (χ0) is 10.0. The molecule has 0 aromatic heterocycles. The number of aromatic hydroxyl groups is 2. The molecule has 2 heteroatoms. The average Bonchev–Trinajstić information content (AvgIpc) is 2.10. The molecular weight excluding hydrogens is 164 g/mol. The Kier molecular flexibility index (Phi) is 2.61. The van der Waals surface area contributed by atoms with Gasteiger partial charge in [0.2, 0.25) is 0 Å². The summed E-state index contributed by atoms with van der Waals surface area (Å²) in [6, 6.07) is 3.10. The summed E-state index contributed by atoms with van der Waals surface area (Å²) in [4.78, 5) is 0. The van der Waals surface area contributed by atoms with Gasteiger partial charge in [-0.3, -0.25) is 0 Å². The first-order chi connectivity index (χ1) is 6.06. The van der Waals surface area contributed by atoms with E-state index in [0.717, 1.165) is 23.1 Å². The van der Waals surface area contributed by atoms with Crippen LogP contribution in [0.25, 0.3) is 5.57 Å². The molecular formula is C11H14O2. The highest BCUT2D eigenvalue weighted by Crippen LogP contribution is 2.31. The van der Waals surface area contributed by atoms with Gasteiger partial charge in [-0.05, 0) is 42.2 Å². The molecule has 2 nitrogen and oxygen atoms in total. The van der Waals surface area contributed by atoms with Crippen LogP contribution in [0.5, 0.6) is 11.5 Å². The number of hydrogen-bond acceptors (Lipinski definition) is 2. The molecule has 1 aromatic rings. The van der Waals surface area contributed by atoms with Gasteiger partial charge in [-0.1, -0.05) is 13.5 Å². The Hall–Kier alpha value is -1.44. The summed E-state index contributed by atoms with van der Waals surface area (Å²) < 4.78 is 0. The van der Waals surface area contributed by atoms with Gasteiger partial charge in [0.25, 0.3) is 0 Å². The van der Waals surface area contributed by atoms with Gasteiger partial charge in [-0.15, -0.1) is 0 Å². The van der Waals surface area contributed by atoms with Crippen molar-refractivity contribution in [2.75, 3.05) is 0 Å². The topological polar surface area (TPSA) is 40.5 Å². The molecule has 0 unspecified atom stereocenters. The Balaban J connectivity index is 3.23. The monoisotopic (exact) mass is 178 g/mol. The zero-order valence-electron chi connectivity index (χ0n) is 7.96. The smallest absolute Gasteiger partial charge is 0.158 e. The van der Waals surface area contributed by atoms with Crippen molar-refractivity contribution in [1.82, 2.24) is 0 Å². The van der Waals surface area contributed by atoms with Gasteiger partial charge in [0.1, 0.15) is 0 Å². The lowest BCUT2D eigenvalue weighted by atomic mass is 9.99. The molecule has 0 fully saturated rings. The van der Waals surface area contributed by atoms with Gasteiger partial charge < -0.3 is 10.2 Å². The third-order valence-corrected chi connectivity index (χ3v) is 2.13. The molecule has 0 aliphatic rings. The number of rotatable bonds is 2. The van der Waals surface area contributed by atoms with Gasteiger partial charge in [0.15, 0.2) is 11.5 Å². The van der Waals surface area contributed by atoms with Gasteiger partial charge in [-0.2, -0.15) is 0 Å². The molecule has 2 N–H and O–H groups in total. The van der Waals surface area contributed by atoms with Crippen LogP contribution in [0.2, 0.25) is 0 Å². The van der Waals surface area contributed by atoms with Crippen LogP contribution in [0, 0.1) is 6.92 Å². The highest BCUT2D eigenvalue weighted by atomic mass is 16.3. The van der Waals surface area contributed by atoms with E-state index in [0.29, 0.717) is 0 Å². The van der Waals surface area contributed by atoms with Crippen LogP contribution in [-0.4, -0.2) is 10.2 Å². The van der Waals surface area contributed by atoms with E-state index >= 15 is 0 Å². The third kappa shape index (κ3) is 1.83. The van der Waals surface area contributed by atoms with E-state index in [4.69, 9.17) is 0 Å². The molecule has 70 valence electrons. The van der Waals surface area contributed by atoms with Crippen molar-refractivity contribution in [3.05, 3.63) is 29.8 Å². The fourth-order valence-electron chi connectivity index (χ4n) is 1.25. The van der Waals surface area contributed by atoms with E-state index in [1.807, 2.05) is 13.8 Å². The lowest BCUT2D eigenvalue weighted by Gasteiger charge is -2.08. The van der Waals surface area contributed by atoms with E-state index in [9.17, 15) is 10.2 Å². The van der Waals surface area contributed by atoms with Gasteiger partial charge in [0.05, 0.1) is 0 Å². The van der Waals surface area contributed by atoms with Crippen LogP contribution in [0.3, 0.4) is 0 Å². The van der Waals surface area contributed by atoms with Crippen molar-refractivity contribution in [3.8, 4) is 11.5 Å². The molecule has 0 aliphatic heterocycles. The number of phenols is 2. The molecule has 0 radical (unpaired) electrons. The van der Waals surface area contributed by atoms with E-state index < -0.39 is 0 Å². The molecule has 1 aromatic carbocycles. The quantitative estimate of drug-likeness (QED) is 0.683. The minimum absolute atomic E-state index is 0.0786. The van der Waals surface area contributed by atoms with E-state index in [1.54, 1.807) is 12.1 Å². The summed E-state index contributed by atoms with van der Waals surface area (Å²) in [5.74, 6) is -0.166. The number of benzene rings is 1. The Bertz CT molecular complexity index is 340. The average molecular weight is 178 g/mol. The predicted octanol–water partition coefficient (Wildman–Crippen LogP) is 2.83. The second kappa shape index (κ2) is 3.52. The highest BCUT2D eigenvalue weighted by Gasteiger charge is 2.06. The number of allylic oxidation sites excluding steroid dienone is 1. The predicted molar refractivity (Wildman–Crippen MR) is 53.8 cm³/mol. The SMILES string of the molecule is C=C(CC)c1cc(O)c(O)cc1C. The summed E-state index contributed by atoms with van der Waals surface area (Å²) in [5, 5.41) is 18.5. The standard InChI is InChI=1S/C11H14O2/c1-4-7(2)9-6-11(13)10(12)5-8(9)3/h5-6,12-13H,2,4H2,1,3H3. The van der Waals surface area contributed by atoms with Crippen molar-refractivity contribution >= 4 is 5.57 Å². The first-order valence-corrected chi connectivity index (χ1v) is 4.27. The summed E-state index contributed by atoms with van der Waals surface area (Å²) in [5.41, 5.74) is 2.81. The largest absolute Gasteiger partial charge is 0.504 e. The Morgan fingerprint density at radius 2 is 1.85 bits per heavy atom. The minimum atomic E-state index is -0.0878. The summed E-state index contributed by atoms with van der Waals surface area (Å²) in [6.07, 6.45) is 0.838. The molecule has 13 heavy (non-hydrogen) atoms. The highest BCUT2D eigenvalue weighted by molar-refractivity contribution is 5.68. The Labute approximate surface area is 78.2 Å².